The lowest BCUT2D eigenvalue weighted by molar-refractivity contribution is -0.131. The van der Waals surface area contributed by atoms with E-state index >= 15 is 0 Å². The van der Waals surface area contributed by atoms with E-state index in [-0.39, 0.29) is 18.2 Å². The van der Waals surface area contributed by atoms with Gasteiger partial charge in [0.05, 0.1) is 5.69 Å². The van der Waals surface area contributed by atoms with Crippen molar-refractivity contribution >= 4 is 11.8 Å². The van der Waals surface area contributed by atoms with E-state index in [1.807, 2.05) is 0 Å². The molecule has 0 spiro atoms. The number of benzene rings is 2. The van der Waals surface area contributed by atoms with Gasteiger partial charge >= 0.3 is 5.91 Å². The number of amides is 2. The summed E-state index contributed by atoms with van der Waals surface area (Å²) in [5, 5.41) is 4.09. The van der Waals surface area contributed by atoms with Gasteiger partial charge in [0.1, 0.15) is 18.2 Å². The van der Waals surface area contributed by atoms with Crippen LogP contribution in [0.25, 0.3) is 5.69 Å². The molecule has 0 fully saturated rings. The third-order valence-corrected chi connectivity index (χ3v) is 4.14. The Morgan fingerprint density at radius 2 is 1.83 bits per heavy atom. The normalized spacial score (nSPS) is 14.9. The lowest BCUT2D eigenvalue weighted by Crippen LogP contribution is -2.51. The number of carbonyl (C=O) groups is 2. The van der Waals surface area contributed by atoms with Crippen LogP contribution in [0.3, 0.4) is 0 Å². The molecule has 10 heteroatoms. The molecule has 0 aliphatic carbocycles. The standard InChI is InChI=1S/C19H16FN5O4/c1-11-21-17(24-25(11)13-8-6-12(20)7-9-13)19(27)23-22-18(26)16-10-28-14-4-2-3-5-15(14)29-16/h2-9,16H,10H2,1H3,(H,22,26)(H,23,27). The summed E-state index contributed by atoms with van der Waals surface area (Å²) < 4.78 is 25.5. The van der Waals surface area contributed by atoms with E-state index in [2.05, 4.69) is 20.9 Å². The summed E-state index contributed by atoms with van der Waals surface area (Å²) in [5.41, 5.74) is 5.07. The summed E-state index contributed by atoms with van der Waals surface area (Å²) in [6.07, 6.45) is -0.920. The molecule has 1 aromatic heterocycles. The van der Waals surface area contributed by atoms with E-state index in [1.165, 1.54) is 28.9 Å². The van der Waals surface area contributed by atoms with Gasteiger partial charge in [-0.25, -0.2) is 14.1 Å². The number of rotatable bonds is 3. The van der Waals surface area contributed by atoms with Crippen LogP contribution in [0.4, 0.5) is 4.39 Å². The van der Waals surface area contributed by atoms with Crippen molar-refractivity contribution in [3.63, 3.8) is 0 Å². The van der Waals surface area contributed by atoms with Crippen molar-refractivity contribution in [1.29, 1.82) is 0 Å². The molecular formula is C19H16FN5O4. The van der Waals surface area contributed by atoms with Gasteiger partial charge in [-0.15, -0.1) is 5.10 Å². The molecule has 2 aromatic carbocycles. The van der Waals surface area contributed by atoms with E-state index in [9.17, 15) is 14.0 Å². The van der Waals surface area contributed by atoms with E-state index in [1.54, 1.807) is 31.2 Å². The van der Waals surface area contributed by atoms with Crippen molar-refractivity contribution in [3.05, 3.63) is 66.0 Å². The van der Waals surface area contributed by atoms with Gasteiger partial charge in [-0.3, -0.25) is 20.4 Å². The Balaban J connectivity index is 1.38. The van der Waals surface area contributed by atoms with Crippen molar-refractivity contribution in [3.8, 4) is 17.2 Å². The summed E-state index contributed by atoms with van der Waals surface area (Å²) in [5.74, 6) is -0.412. The fraction of sp³-hybridized carbons (Fsp3) is 0.158. The van der Waals surface area contributed by atoms with Crippen LogP contribution in [0.1, 0.15) is 16.4 Å². The van der Waals surface area contributed by atoms with Gasteiger partial charge in [-0.2, -0.15) is 0 Å². The second kappa shape index (κ2) is 7.58. The molecule has 0 saturated carbocycles. The monoisotopic (exact) mass is 397 g/mol. The fourth-order valence-corrected chi connectivity index (χ4v) is 2.72. The van der Waals surface area contributed by atoms with E-state index in [4.69, 9.17) is 9.47 Å². The predicted molar refractivity (Wildman–Crippen MR) is 98.0 cm³/mol. The van der Waals surface area contributed by atoms with Gasteiger partial charge in [0.15, 0.2) is 11.5 Å². The SMILES string of the molecule is Cc1nc(C(=O)NNC(=O)C2COc3ccccc3O2)nn1-c1ccc(F)cc1. The molecule has 0 saturated heterocycles. The van der Waals surface area contributed by atoms with Crippen LogP contribution in [0.2, 0.25) is 0 Å². The molecule has 1 aliphatic rings. The Morgan fingerprint density at radius 1 is 1.10 bits per heavy atom. The molecule has 2 heterocycles. The number of halogens is 1. The molecule has 0 radical (unpaired) electrons. The highest BCUT2D eigenvalue weighted by molar-refractivity contribution is 5.92. The minimum Gasteiger partial charge on any atom is -0.485 e. The third-order valence-electron chi connectivity index (χ3n) is 4.14. The summed E-state index contributed by atoms with van der Waals surface area (Å²) in [6.45, 7) is 1.66. The van der Waals surface area contributed by atoms with Crippen LogP contribution in [0.5, 0.6) is 11.5 Å². The van der Waals surface area contributed by atoms with Crippen molar-refractivity contribution in [2.45, 2.75) is 13.0 Å². The van der Waals surface area contributed by atoms with E-state index in [0.717, 1.165) is 0 Å². The second-order valence-electron chi connectivity index (χ2n) is 6.18. The molecule has 0 bridgehead atoms. The Morgan fingerprint density at radius 3 is 2.59 bits per heavy atom. The van der Waals surface area contributed by atoms with Crippen LogP contribution >= 0.6 is 0 Å². The minimum atomic E-state index is -0.920. The summed E-state index contributed by atoms with van der Waals surface area (Å²) >= 11 is 0. The molecular weight excluding hydrogens is 381 g/mol. The molecule has 1 atom stereocenters. The number of fused-ring (bicyclic) bond motifs is 1. The minimum absolute atomic E-state index is 0.00920. The molecule has 3 aromatic rings. The summed E-state index contributed by atoms with van der Waals surface area (Å²) in [4.78, 5) is 28.6. The van der Waals surface area contributed by atoms with Crippen LogP contribution in [0.15, 0.2) is 48.5 Å². The molecule has 1 unspecified atom stereocenters. The van der Waals surface area contributed by atoms with Crippen LogP contribution in [-0.2, 0) is 4.79 Å². The lowest BCUT2D eigenvalue weighted by Gasteiger charge is -2.25. The zero-order chi connectivity index (χ0) is 20.4. The van der Waals surface area contributed by atoms with Gasteiger partial charge in [0.2, 0.25) is 11.9 Å². The quantitative estimate of drug-likeness (QED) is 0.646. The second-order valence-corrected chi connectivity index (χ2v) is 6.18. The highest BCUT2D eigenvalue weighted by Gasteiger charge is 2.28. The highest BCUT2D eigenvalue weighted by Crippen LogP contribution is 2.30. The fourth-order valence-electron chi connectivity index (χ4n) is 2.72. The number of hydrazine groups is 1. The van der Waals surface area contributed by atoms with Gasteiger partial charge in [-0.1, -0.05) is 12.1 Å². The smallest absolute Gasteiger partial charge is 0.309 e. The van der Waals surface area contributed by atoms with Crippen molar-refractivity contribution in [2.75, 3.05) is 6.61 Å². The van der Waals surface area contributed by atoms with Crippen LogP contribution in [0, 0.1) is 12.7 Å². The number of carbonyl (C=O) groups excluding carboxylic acids is 2. The van der Waals surface area contributed by atoms with E-state index < -0.39 is 17.9 Å². The average Bonchev–Trinajstić information content (AvgIpc) is 3.13. The Hall–Kier alpha value is -3.95. The van der Waals surface area contributed by atoms with Gasteiger partial charge in [0, 0.05) is 0 Å². The zero-order valence-electron chi connectivity index (χ0n) is 15.3. The number of nitrogens with one attached hydrogen (secondary N) is 2. The average molecular weight is 397 g/mol. The van der Waals surface area contributed by atoms with E-state index in [0.29, 0.717) is 23.0 Å². The third kappa shape index (κ3) is 3.86. The molecule has 148 valence electrons. The van der Waals surface area contributed by atoms with Gasteiger partial charge in [-0.05, 0) is 43.3 Å². The zero-order valence-corrected chi connectivity index (χ0v) is 15.3. The van der Waals surface area contributed by atoms with Gasteiger partial charge in [0.25, 0.3) is 5.91 Å². The molecule has 2 N–H and O–H groups in total. The largest absolute Gasteiger partial charge is 0.485 e. The molecule has 2 amide bonds. The number of nitrogens with zero attached hydrogens (tertiary/aromatic N) is 3. The van der Waals surface area contributed by atoms with Crippen molar-refractivity contribution < 1.29 is 23.5 Å². The first-order chi connectivity index (χ1) is 14.0. The first-order valence-corrected chi connectivity index (χ1v) is 8.69. The maximum atomic E-state index is 13.1. The number of aryl methyl sites for hydroxylation is 1. The van der Waals surface area contributed by atoms with Crippen molar-refractivity contribution in [1.82, 2.24) is 25.6 Å². The number of aromatic nitrogens is 3. The molecule has 4 rings (SSSR count). The topological polar surface area (TPSA) is 107 Å². The molecule has 1 aliphatic heterocycles. The number of para-hydroxylation sites is 2. The Kier molecular flexibility index (Phi) is 4.82. The van der Waals surface area contributed by atoms with Crippen LogP contribution < -0.4 is 20.3 Å². The molecule has 9 nitrogen and oxygen atoms in total. The Labute approximate surface area is 164 Å². The predicted octanol–water partition coefficient (Wildman–Crippen LogP) is 1.32. The number of hydrogen-bond acceptors (Lipinski definition) is 6. The lowest BCUT2D eigenvalue weighted by atomic mass is 10.2. The first kappa shape index (κ1) is 18.4. The molecule has 29 heavy (non-hydrogen) atoms. The van der Waals surface area contributed by atoms with Gasteiger partial charge < -0.3 is 9.47 Å². The highest BCUT2D eigenvalue weighted by atomic mass is 19.1. The summed E-state index contributed by atoms with van der Waals surface area (Å²) in [7, 11) is 0. The maximum Gasteiger partial charge on any atom is 0.309 e. The van der Waals surface area contributed by atoms with Crippen LogP contribution in [-0.4, -0.2) is 39.3 Å². The maximum absolute atomic E-state index is 13.1. The summed E-state index contributed by atoms with van der Waals surface area (Å²) in [6, 6.07) is 12.6. The Bertz CT molecular complexity index is 1070. The number of ether oxygens (including phenoxy) is 2. The number of hydrogen-bond donors (Lipinski definition) is 2. The first-order valence-electron chi connectivity index (χ1n) is 8.69. The van der Waals surface area contributed by atoms with Crippen molar-refractivity contribution in [2.24, 2.45) is 0 Å².